The van der Waals surface area contributed by atoms with Crippen LogP contribution < -0.4 is 0 Å². The average molecular weight is 387 g/mol. The molecule has 80 valence electrons. The van der Waals surface area contributed by atoms with Gasteiger partial charge in [-0.25, -0.2) is 8.78 Å². The molecule has 0 saturated carbocycles. The van der Waals surface area contributed by atoms with Crippen molar-refractivity contribution in [2.75, 3.05) is 0 Å². The van der Waals surface area contributed by atoms with Crippen molar-refractivity contribution in [2.45, 2.75) is 18.2 Å². The van der Waals surface area contributed by atoms with E-state index < -0.39 is 6.43 Å². The van der Waals surface area contributed by atoms with E-state index >= 15 is 0 Å². The summed E-state index contributed by atoms with van der Waals surface area (Å²) in [6.07, 6.45) is -2.55. The zero-order chi connectivity index (χ0) is 11.4. The summed E-state index contributed by atoms with van der Waals surface area (Å²) in [4.78, 5) is 3.79. The second-order valence-corrected chi connectivity index (χ2v) is 4.45. The lowest BCUT2D eigenvalue weighted by molar-refractivity contribution is 0.145. The number of alkyl halides is 3. The molecule has 0 radical (unpaired) electrons. The van der Waals surface area contributed by atoms with Crippen LogP contribution in [-0.4, -0.2) is 4.98 Å². The van der Waals surface area contributed by atoms with Gasteiger partial charge < -0.3 is 0 Å². The molecular weight excluding hydrogens is 381 g/mol. The lowest BCUT2D eigenvalue weighted by atomic mass is 10.2. The molecule has 0 unspecified atom stereocenters. The van der Waals surface area contributed by atoms with E-state index in [0.717, 1.165) is 0 Å². The lowest BCUT2D eigenvalue weighted by Gasteiger charge is -2.09. The summed E-state index contributed by atoms with van der Waals surface area (Å²) in [7, 11) is 0. The summed E-state index contributed by atoms with van der Waals surface area (Å²) >= 11 is 5.12. The van der Waals surface area contributed by atoms with Gasteiger partial charge in [-0.3, -0.25) is 4.98 Å². The highest BCUT2D eigenvalue weighted by Crippen LogP contribution is 2.27. The van der Waals surface area contributed by atoms with Gasteiger partial charge in [0.2, 0.25) is 0 Å². The number of pyridine rings is 1. The van der Waals surface area contributed by atoms with Crippen LogP contribution in [0.2, 0.25) is 0 Å². The Morgan fingerprint density at radius 3 is 2.73 bits per heavy atom. The number of rotatable bonds is 3. The van der Waals surface area contributed by atoms with Gasteiger partial charge in [0, 0.05) is 14.5 Å². The lowest BCUT2D eigenvalue weighted by Crippen LogP contribution is -2.03. The first-order valence-corrected chi connectivity index (χ1v) is 6.19. The minimum atomic E-state index is -2.61. The molecule has 1 heterocycles. The van der Waals surface area contributed by atoms with Crippen molar-refractivity contribution in [2.24, 2.45) is 0 Å². The van der Waals surface area contributed by atoms with Crippen LogP contribution in [0.3, 0.4) is 0 Å². The molecule has 0 saturated heterocycles. The zero-order valence-electron chi connectivity index (χ0n) is 7.48. The first kappa shape index (κ1) is 12.8. The molecule has 6 heteroatoms. The Hall–Kier alpha value is -0.290. The number of hydrogen-bond donors (Lipinski definition) is 0. The molecule has 1 rings (SSSR count). The molecule has 0 aromatic carbocycles. The SMILES string of the molecule is N#CCc1cc(I)c(CBr)c(C(F)F)n1. The molecule has 0 aliphatic rings. The monoisotopic (exact) mass is 386 g/mol. The average Bonchev–Trinajstić information content (AvgIpc) is 2.17. The van der Waals surface area contributed by atoms with Crippen LogP contribution in [0.1, 0.15) is 23.4 Å². The van der Waals surface area contributed by atoms with Crippen LogP contribution in [0.15, 0.2) is 6.07 Å². The Labute approximate surface area is 108 Å². The van der Waals surface area contributed by atoms with E-state index in [4.69, 9.17) is 5.26 Å². The summed E-state index contributed by atoms with van der Waals surface area (Å²) in [5.41, 5.74) is 0.651. The molecule has 1 aromatic rings. The molecule has 0 atom stereocenters. The maximum Gasteiger partial charge on any atom is 0.280 e. The predicted molar refractivity (Wildman–Crippen MR) is 63.9 cm³/mol. The standard InChI is InChI=1S/C9H6BrF2IN2/c10-4-6-7(13)3-5(1-2-14)15-8(6)9(11)12/h3,9H,1,4H2. The number of nitrogens with zero attached hydrogens (tertiary/aromatic N) is 2. The van der Waals surface area contributed by atoms with Gasteiger partial charge in [0.25, 0.3) is 6.43 Å². The van der Waals surface area contributed by atoms with Crippen LogP contribution in [0.5, 0.6) is 0 Å². The van der Waals surface area contributed by atoms with Crippen molar-refractivity contribution < 1.29 is 8.78 Å². The first-order valence-electron chi connectivity index (χ1n) is 3.99. The van der Waals surface area contributed by atoms with Crippen molar-refractivity contribution in [1.82, 2.24) is 4.98 Å². The van der Waals surface area contributed by atoms with Gasteiger partial charge in [-0.2, -0.15) is 5.26 Å². The summed E-state index contributed by atoms with van der Waals surface area (Å²) in [5.74, 6) is 0. The van der Waals surface area contributed by atoms with E-state index in [0.29, 0.717) is 20.2 Å². The molecule has 1 aromatic heterocycles. The zero-order valence-corrected chi connectivity index (χ0v) is 11.2. The van der Waals surface area contributed by atoms with Gasteiger partial charge in [-0.15, -0.1) is 0 Å². The number of halogens is 4. The van der Waals surface area contributed by atoms with E-state index in [9.17, 15) is 8.78 Å². The molecule has 0 fully saturated rings. The second-order valence-electron chi connectivity index (χ2n) is 2.73. The molecule has 0 amide bonds. The normalized spacial score (nSPS) is 10.4. The van der Waals surface area contributed by atoms with Crippen LogP contribution in [0.25, 0.3) is 0 Å². The Morgan fingerprint density at radius 2 is 2.27 bits per heavy atom. The predicted octanol–water partition coefficient (Wildman–Crippen LogP) is 3.58. The Kier molecular flexibility index (Phi) is 4.86. The Bertz CT molecular complexity index is 404. The molecule has 0 bridgehead atoms. The smallest absolute Gasteiger partial charge is 0.250 e. The largest absolute Gasteiger partial charge is 0.280 e. The summed E-state index contributed by atoms with van der Waals surface area (Å²) in [5, 5.41) is 8.82. The fourth-order valence-corrected chi connectivity index (χ4v) is 3.03. The van der Waals surface area contributed by atoms with Gasteiger partial charge in [-0.1, -0.05) is 15.9 Å². The number of nitriles is 1. The van der Waals surface area contributed by atoms with Crippen LogP contribution in [-0.2, 0) is 11.8 Å². The van der Waals surface area contributed by atoms with Gasteiger partial charge >= 0.3 is 0 Å². The molecule has 0 spiro atoms. The number of hydrogen-bond acceptors (Lipinski definition) is 2. The van der Waals surface area contributed by atoms with Gasteiger partial charge in [0.1, 0.15) is 5.69 Å². The highest BCUT2D eigenvalue weighted by atomic mass is 127. The Balaban J connectivity index is 3.27. The highest BCUT2D eigenvalue weighted by molar-refractivity contribution is 14.1. The molecule has 15 heavy (non-hydrogen) atoms. The quantitative estimate of drug-likeness (QED) is 0.588. The fourth-order valence-electron chi connectivity index (χ4n) is 1.09. The van der Waals surface area contributed by atoms with E-state index in [1.165, 1.54) is 0 Å². The first-order chi connectivity index (χ1) is 7.10. The Morgan fingerprint density at radius 1 is 1.60 bits per heavy atom. The summed E-state index contributed by atoms with van der Waals surface area (Å²) in [6.45, 7) is 0. The van der Waals surface area contributed by atoms with E-state index in [1.807, 2.05) is 28.7 Å². The third-order valence-electron chi connectivity index (χ3n) is 1.76. The van der Waals surface area contributed by atoms with Gasteiger partial charge in [0.15, 0.2) is 0 Å². The van der Waals surface area contributed by atoms with Crippen molar-refractivity contribution >= 4 is 38.5 Å². The maximum absolute atomic E-state index is 12.6. The van der Waals surface area contributed by atoms with Crippen LogP contribution in [0.4, 0.5) is 8.78 Å². The maximum atomic E-state index is 12.6. The van der Waals surface area contributed by atoms with Crippen molar-refractivity contribution in [1.29, 1.82) is 5.26 Å². The van der Waals surface area contributed by atoms with Crippen molar-refractivity contribution in [3.05, 3.63) is 26.6 Å². The minimum Gasteiger partial charge on any atom is -0.250 e. The molecule has 2 nitrogen and oxygen atoms in total. The third-order valence-corrected chi connectivity index (χ3v) is 3.28. The van der Waals surface area contributed by atoms with Crippen molar-refractivity contribution in [3.8, 4) is 6.07 Å². The number of aromatic nitrogens is 1. The fraction of sp³-hybridized carbons (Fsp3) is 0.333. The third kappa shape index (κ3) is 3.08. The van der Waals surface area contributed by atoms with Gasteiger partial charge in [0.05, 0.1) is 18.2 Å². The van der Waals surface area contributed by atoms with E-state index in [1.54, 1.807) is 6.07 Å². The summed E-state index contributed by atoms with van der Waals surface area (Å²) in [6, 6.07) is 3.55. The van der Waals surface area contributed by atoms with Crippen LogP contribution >= 0.6 is 38.5 Å². The molecule has 0 aliphatic heterocycles. The minimum absolute atomic E-state index is 0.0539. The van der Waals surface area contributed by atoms with Crippen LogP contribution in [0, 0.1) is 14.9 Å². The summed E-state index contributed by atoms with van der Waals surface area (Å²) < 4.78 is 26.0. The van der Waals surface area contributed by atoms with E-state index in [-0.39, 0.29) is 12.1 Å². The highest BCUT2D eigenvalue weighted by Gasteiger charge is 2.17. The molecular formula is C9H6BrF2IN2. The topological polar surface area (TPSA) is 36.7 Å². The molecule has 0 aliphatic carbocycles. The van der Waals surface area contributed by atoms with Crippen molar-refractivity contribution in [3.63, 3.8) is 0 Å². The van der Waals surface area contributed by atoms with E-state index in [2.05, 4.69) is 20.9 Å². The van der Waals surface area contributed by atoms with Gasteiger partial charge in [-0.05, 0) is 28.7 Å². The molecule has 0 N–H and O–H groups in total. The second kappa shape index (κ2) is 5.70.